The van der Waals surface area contributed by atoms with Crippen LogP contribution in [0.2, 0.25) is 0 Å². The Bertz CT molecular complexity index is 705. The minimum Gasteiger partial charge on any atom is -0.273 e. The Labute approximate surface area is 170 Å². The van der Waals surface area contributed by atoms with Gasteiger partial charge in [-0.25, -0.2) is 0 Å². The molecule has 1 aromatic heterocycles. The van der Waals surface area contributed by atoms with E-state index in [0.717, 1.165) is 30.3 Å². The van der Waals surface area contributed by atoms with Gasteiger partial charge in [0.2, 0.25) is 5.91 Å². The number of para-hydroxylation sites is 1. The number of unbranched alkanes of at least 4 members (excludes halogenated alkanes) is 11. The Morgan fingerprint density at radius 3 is 2.14 bits per heavy atom. The van der Waals surface area contributed by atoms with Gasteiger partial charge in [-0.1, -0.05) is 94.2 Å². The molecule has 28 heavy (non-hydrogen) atoms. The van der Waals surface area contributed by atoms with Crippen molar-refractivity contribution in [2.45, 2.75) is 96.8 Å². The molecule has 4 nitrogen and oxygen atoms in total. The van der Waals surface area contributed by atoms with Crippen LogP contribution in [0.4, 0.5) is 0 Å². The van der Waals surface area contributed by atoms with E-state index >= 15 is 0 Å². The lowest BCUT2D eigenvalue weighted by Gasteiger charge is -2.03. The Morgan fingerprint density at radius 1 is 0.857 bits per heavy atom. The summed E-state index contributed by atoms with van der Waals surface area (Å²) in [5.41, 5.74) is 1.59. The van der Waals surface area contributed by atoms with Gasteiger partial charge >= 0.3 is 0 Å². The van der Waals surface area contributed by atoms with E-state index in [-0.39, 0.29) is 5.91 Å². The third-order valence-corrected chi connectivity index (χ3v) is 5.25. The second-order valence-corrected chi connectivity index (χ2v) is 7.69. The second kappa shape index (κ2) is 14.1. The molecule has 0 amide bonds. The van der Waals surface area contributed by atoms with Gasteiger partial charge in [-0.15, -0.1) is 5.10 Å². The first-order valence-electron chi connectivity index (χ1n) is 11.3. The lowest BCUT2D eigenvalue weighted by atomic mass is 10.0. The zero-order chi connectivity index (χ0) is 19.9. The Morgan fingerprint density at radius 2 is 1.46 bits per heavy atom. The molecule has 0 aliphatic carbocycles. The molecule has 2 aromatic rings. The molecule has 154 valence electrons. The SMILES string of the molecule is CC/C=C/CCCCCCCCCCCCCC(=O)n1nnc2ccccc21. The lowest BCUT2D eigenvalue weighted by Crippen LogP contribution is -2.12. The van der Waals surface area contributed by atoms with Crippen molar-refractivity contribution in [1.29, 1.82) is 0 Å². The zero-order valence-corrected chi connectivity index (χ0v) is 17.6. The van der Waals surface area contributed by atoms with Crippen molar-refractivity contribution < 1.29 is 4.79 Å². The summed E-state index contributed by atoms with van der Waals surface area (Å²) in [5, 5.41) is 8.05. The highest BCUT2D eigenvalue weighted by molar-refractivity contribution is 5.88. The summed E-state index contributed by atoms with van der Waals surface area (Å²) in [4.78, 5) is 12.3. The number of rotatable bonds is 15. The smallest absolute Gasteiger partial charge is 0.248 e. The fraction of sp³-hybridized carbons (Fsp3) is 0.625. The summed E-state index contributed by atoms with van der Waals surface area (Å²) in [6, 6.07) is 7.62. The number of carbonyl (C=O) groups is 1. The molecule has 0 aliphatic heterocycles. The van der Waals surface area contributed by atoms with Crippen molar-refractivity contribution in [3.63, 3.8) is 0 Å². The second-order valence-electron chi connectivity index (χ2n) is 7.69. The molecule has 0 aliphatic rings. The molecule has 2 rings (SSSR count). The summed E-state index contributed by atoms with van der Waals surface area (Å²) in [5.74, 6) is 0.0545. The van der Waals surface area contributed by atoms with Gasteiger partial charge in [0.05, 0.1) is 5.52 Å². The third-order valence-electron chi connectivity index (χ3n) is 5.25. The standard InChI is InChI=1S/C24H37N3O/c1-2-3-4-5-6-7-8-9-10-11-12-13-14-15-16-21-24(28)27-23-20-18-17-19-22(23)25-26-27/h3-4,17-20H,2,5-16,21H2,1H3/b4-3+. The first-order chi connectivity index (χ1) is 13.8. The van der Waals surface area contributed by atoms with Crippen LogP contribution in [0.5, 0.6) is 0 Å². The summed E-state index contributed by atoms with van der Waals surface area (Å²) in [7, 11) is 0. The molecular weight excluding hydrogens is 346 g/mol. The van der Waals surface area contributed by atoms with Gasteiger partial charge < -0.3 is 0 Å². The monoisotopic (exact) mass is 383 g/mol. The molecule has 0 atom stereocenters. The van der Waals surface area contributed by atoms with Crippen molar-refractivity contribution in [1.82, 2.24) is 15.0 Å². The van der Waals surface area contributed by atoms with Crippen molar-refractivity contribution in [2.75, 3.05) is 0 Å². The van der Waals surface area contributed by atoms with Gasteiger partial charge in [-0.3, -0.25) is 4.79 Å². The van der Waals surface area contributed by atoms with Gasteiger partial charge in [-0.2, -0.15) is 4.68 Å². The number of nitrogens with zero attached hydrogens (tertiary/aromatic N) is 3. The molecule has 0 bridgehead atoms. The molecule has 0 spiro atoms. The molecule has 0 N–H and O–H groups in total. The van der Waals surface area contributed by atoms with Crippen LogP contribution in [-0.2, 0) is 0 Å². The van der Waals surface area contributed by atoms with E-state index in [0.29, 0.717) is 6.42 Å². The van der Waals surface area contributed by atoms with Gasteiger partial charge in [-0.05, 0) is 37.8 Å². The minimum atomic E-state index is 0.0545. The first-order valence-corrected chi connectivity index (χ1v) is 11.3. The number of aromatic nitrogens is 3. The number of hydrogen-bond donors (Lipinski definition) is 0. The Balaban J connectivity index is 1.41. The average molecular weight is 384 g/mol. The molecule has 0 saturated carbocycles. The molecule has 0 radical (unpaired) electrons. The van der Waals surface area contributed by atoms with Gasteiger partial charge in [0.1, 0.15) is 5.52 Å². The fourth-order valence-corrected chi connectivity index (χ4v) is 3.57. The van der Waals surface area contributed by atoms with Crippen LogP contribution >= 0.6 is 0 Å². The fourth-order valence-electron chi connectivity index (χ4n) is 3.57. The number of allylic oxidation sites excluding steroid dienone is 2. The molecule has 0 unspecified atom stereocenters. The molecule has 1 aromatic carbocycles. The number of hydrogen-bond acceptors (Lipinski definition) is 3. The van der Waals surface area contributed by atoms with Crippen molar-refractivity contribution in [3.8, 4) is 0 Å². The quantitative estimate of drug-likeness (QED) is 0.243. The van der Waals surface area contributed by atoms with Gasteiger partial charge in [0.25, 0.3) is 0 Å². The van der Waals surface area contributed by atoms with E-state index in [1.165, 1.54) is 68.9 Å². The van der Waals surface area contributed by atoms with Crippen LogP contribution in [0.25, 0.3) is 11.0 Å². The maximum Gasteiger partial charge on any atom is 0.248 e. The molecule has 0 saturated heterocycles. The zero-order valence-electron chi connectivity index (χ0n) is 17.6. The summed E-state index contributed by atoms with van der Waals surface area (Å²) in [6.45, 7) is 2.19. The molecule has 4 heteroatoms. The lowest BCUT2D eigenvalue weighted by molar-refractivity contribution is 0.0886. The largest absolute Gasteiger partial charge is 0.273 e. The highest BCUT2D eigenvalue weighted by Gasteiger charge is 2.10. The number of benzene rings is 1. The van der Waals surface area contributed by atoms with Crippen LogP contribution in [-0.4, -0.2) is 20.9 Å². The van der Waals surface area contributed by atoms with E-state index in [1.807, 2.05) is 24.3 Å². The highest BCUT2D eigenvalue weighted by Crippen LogP contribution is 2.14. The van der Waals surface area contributed by atoms with Crippen LogP contribution in [0.1, 0.15) is 102 Å². The predicted molar refractivity (Wildman–Crippen MR) is 118 cm³/mol. The highest BCUT2D eigenvalue weighted by atomic mass is 16.2. The van der Waals surface area contributed by atoms with Crippen LogP contribution in [0, 0.1) is 0 Å². The first kappa shape index (κ1) is 22.3. The maximum atomic E-state index is 12.3. The predicted octanol–water partition coefficient (Wildman–Crippen LogP) is 7.11. The maximum absolute atomic E-state index is 12.3. The molecule has 0 fully saturated rings. The Hall–Kier alpha value is -1.97. The minimum absolute atomic E-state index is 0.0545. The van der Waals surface area contributed by atoms with E-state index in [9.17, 15) is 4.79 Å². The van der Waals surface area contributed by atoms with E-state index in [2.05, 4.69) is 29.4 Å². The van der Waals surface area contributed by atoms with Crippen molar-refractivity contribution in [2.24, 2.45) is 0 Å². The number of carbonyl (C=O) groups excluding carboxylic acids is 1. The third kappa shape index (κ3) is 8.37. The van der Waals surface area contributed by atoms with E-state index in [4.69, 9.17) is 0 Å². The normalized spacial score (nSPS) is 11.6. The topological polar surface area (TPSA) is 47.8 Å². The van der Waals surface area contributed by atoms with Crippen molar-refractivity contribution in [3.05, 3.63) is 36.4 Å². The molecular formula is C24H37N3O. The van der Waals surface area contributed by atoms with E-state index < -0.39 is 0 Å². The summed E-state index contributed by atoms with van der Waals surface area (Å²) < 4.78 is 1.45. The van der Waals surface area contributed by atoms with Gasteiger partial charge in [0.15, 0.2) is 0 Å². The van der Waals surface area contributed by atoms with Crippen LogP contribution in [0.3, 0.4) is 0 Å². The Kier molecular flexibility index (Phi) is 11.2. The summed E-state index contributed by atoms with van der Waals surface area (Å²) >= 11 is 0. The average Bonchev–Trinajstić information content (AvgIpc) is 3.15. The number of fused-ring (bicyclic) bond motifs is 1. The summed E-state index contributed by atoms with van der Waals surface area (Å²) in [6.07, 6.45) is 21.7. The molecule has 1 heterocycles. The van der Waals surface area contributed by atoms with Crippen molar-refractivity contribution >= 4 is 16.9 Å². The van der Waals surface area contributed by atoms with E-state index in [1.54, 1.807) is 0 Å². The van der Waals surface area contributed by atoms with Crippen LogP contribution in [0.15, 0.2) is 36.4 Å². The van der Waals surface area contributed by atoms with Gasteiger partial charge in [0, 0.05) is 6.42 Å². The van der Waals surface area contributed by atoms with Crippen LogP contribution < -0.4 is 0 Å².